The van der Waals surface area contributed by atoms with Gasteiger partial charge in [-0.15, -0.1) is 0 Å². The highest BCUT2D eigenvalue weighted by Gasteiger charge is 2.27. The van der Waals surface area contributed by atoms with E-state index < -0.39 is 5.91 Å². The Labute approximate surface area is 131 Å². The Balaban J connectivity index is 1.84. The third-order valence-corrected chi connectivity index (χ3v) is 4.37. The zero-order chi connectivity index (χ0) is 16.1. The summed E-state index contributed by atoms with van der Waals surface area (Å²) in [7, 11) is 0. The van der Waals surface area contributed by atoms with Gasteiger partial charge in [-0.25, -0.2) is 0 Å². The number of nitrogens with one attached hydrogen (secondary N) is 1. The number of carbonyl (C=O) groups excluding carboxylic acids is 2. The Bertz CT molecular complexity index is 527. The second kappa shape index (κ2) is 7.40. The number of nitrogens with zero attached hydrogens (tertiary/aromatic N) is 1. The number of hydrogen-bond acceptors (Lipinski definition) is 3. The molecule has 1 saturated heterocycles. The minimum atomic E-state index is -0.402. The molecule has 5 heteroatoms. The molecule has 1 fully saturated rings. The van der Waals surface area contributed by atoms with Gasteiger partial charge in [0.15, 0.2) is 0 Å². The van der Waals surface area contributed by atoms with E-state index >= 15 is 0 Å². The number of carbonyl (C=O) groups is 2. The summed E-state index contributed by atoms with van der Waals surface area (Å²) >= 11 is 0. The fourth-order valence-corrected chi connectivity index (χ4v) is 2.93. The van der Waals surface area contributed by atoms with E-state index in [4.69, 9.17) is 5.73 Å². The molecule has 2 atom stereocenters. The molecule has 2 rings (SSSR count). The van der Waals surface area contributed by atoms with Gasteiger partial charge < -0.3 is 16.0 Å². The van der Waals surface area contributed by atoms with Gasteiger partial charge in [0.2, 0.25) is 11.8 Å². The predicted molar refractivity (Wildman–Crippen MR) is 86.2 cm³/mol. The number of hydrogen-bond donors (Lipinski definition) is 2. The monoisotopic (exact) mass is 303 g/mol. The van der Waals surface area contributed by atoms with E-state index in [0.717, 1.165) is 31.6 Å². The third-order valence-electron chi connectivity index (χ3n) is 4.37. The van der Waals surface area contributed by atoms with Gasteiger partial charge in [0.05, 0.1) is 0 Å². The van der Waals surface area contributed by atoms with E-state index in [1.165, 1.54) is 0 Å². The molecule has 1 aromatic carbocycles. The van der Waals surface area contributed by atoms with Crippen molar-refractivity contribution in [3.05, 3.63) is 35.4 Å². The van der Waals surface area contributed by atoms with Crippen molar-refractivity contribution in [1.82, 2.24) is 10.2 Å². The van der Waals surface area contributed by atoms with Gasteiger partial charge >= 0.3 is 0 Å². The molecule has 0 spiro atoms. The number of benzene rings is 1. The van der Waals surface area contributed by atoms with Crippen molar-refractivity contribution in [1.29, 1.82) is 0 Å². The molecule has 22 heavy (non-hydrogen) atoms. The molecule has 1 heterocycles. The van der Waals surface area contributed by atoms with Crippen LogP contribution in [0, 0.1) is 5.92 Å². The van der Waals surface area contributed by atoms with E-state index in [2.05, 4.69) is 12.2 Å². The minimum absolute atomic E-state index is 0.243. The van der Waals surface area contributed by atoms with Crippen molar-refractivity contribution in [3.63, 3.8) is 0 Å². The van der Waals surface area contributed by atoms with E-state index in [1.807, 2.05) is 24.0 Å². The van der Waals surface area contributed by atoms with Crippen LogP contribution in [0.25, 0.3) is 0 Å². The molecular weight excluding hydrogens is 278 g/mol. The van der Waals surface area contributed by atoms with Crippen molar-refractivity contribution >= 4 is 11.8 Å². The van der Waals surface area contributed by atoms with Gasteiger partial charge in [-0.2, -0.15) is 0 Å². The molecule has 3 N–H and O–H groups in total. The van der Waals surface area contributed by atoms with Crippen LogP contribution in [-0.2, 0) is 11.3 Å². The lowest BCUT2D eigenvalue weighted by Gasteiger charge is -2.37. The van der Waals surface area contributed by atoms with Gasteiger partial charge in [0.25, 0.3) is 0 Å². The van der Waals surface area contributed by atoms with Gasteiger partial charge in [0, 0.05) is 37.7 Å². The highest BCUT2D eigenvalue weighted by molar-refractivity contribution is 5.92. The first-order valence-corrected chi connectivity index (χ1v) is 7.91. The van der Waals surface area contributed by atoms with Crippen LogP contribution in [0.3, 0.4) is 0 Å². The molecule has 0 unspecified atom stereocenters. The number of primary amides is 1. The molecule has 0 radical (unpaired) electrons. The summed E-state index contributed by atoms with van der Waals surface area (Å²) in [6.07, 6.45) is 1.56. The average Bonchev–Trinajstić information content (AvgIpc) is 2.53. The topological polar surface area (TPSA) is 75.4 Å². The standard InChI is InChI=1S/C17H25N3O2/c1-3-16(21)20-9-8-15(12(2)11-20)19-10-13-4-6-14(7-5-13)17(18)22/h4-7,12,15,19H,3,8-11H2,1-2H3,(H2,18,22)/t12-,15+/m0/s1. The quantitative estimate of drug-likeness (QED) is 0.866. The van der Waals surface area contributed by atoms with E-state index in [1.54, 1.807) is 12.1 Å². The molecule has 0 aliphatic carbocycles. The Kier molecular flexibility index (Phi) is 5.55. The van der Waals surface area contributed by atoms with E-state index in [-0.39, 0.29) is 5.91 Å². The van der Waals surface area contributed by atoms with Gasteiger partial charge in [-0.3, -0.25) is 9.59 Å². The molecule has 1 aromatic rings. The smallest absolute Gasteiger partial charge is 0.248 e. The first-order chi connectivity index (χ1) is 10.5. The molecule has 1 aliphatic heterocycles. The lowest BCUT2D eigenvalue weighted by molar-refractivity contribution is -0.132. The van der Waals surface area contributed by atoms with Crippen LogP contribution in [0.2, 0.25) is 0 Å². The largest absolute Gasteiger partial charge is 0.366 e. The number of nitrogens with two attached hydrogens (primary N) is 1. The van der Waals surface area contributed by atoms with Crippen LogP contribution in [0.5, 0.6) is 0 Å². The van der Waals surface area contributed by atoms with Gasteiger partial charge in [-0.05, 0) is 30.0 Å². The molecular formula is C17H25N3O2. The zero-order valence-corrected chi connectivity index (χ0v) is 13.3. The number of piperidine rings is 1. The SMILES string of the molecule is CCC(=O)N1CC[C@@H](NCc2ccc(C(N)=O)cc2)[C@@H](C)C1. The third kappa shape index (κ3) is 4.07. The summed E-state index contributed by atoms with van der Waals surface area (Å²) in [5, 5.41) is 3.56. The number of amides is 2. The van der Waals surface area contributed by atoms with Gasteiger partial charge in [-0.1, -0.05) is 26.0 Å². The second-order valence-electron chi connectivity index (χ2n) is 6.01. The fourth-order valence-electron chi connectivity index (χ4n) is 2.93. The normalized spacial score (nSPS) is 21.6. The Morgan fingerprint density at radius 1 is 1.32 bits per heavy atom. The fraction of sp³-hybridized carbons (Fsp3) is 0.529. The van der Waals surface area contributed by atoms with Crippen LogP contribution < -0.4 is 11.1 Å². The van der Waals surface area contributed by atoms with Crippen molar-refractivity contribution in [2.75, 3.05) is 13.1 Å². The first kappa shape index (κ1) is 16.5. The molecule has 0 saturated carbocycles. The lowest BCUT2D eigenvalue weighted by Crippen LogP contribution is -2.49. The Morgan fingerprint density at radius 3 is 2.55 bits per heavy atom. The maximum absolute atomic E-state index is 11.8. The summed E-state index contributed by atoms with van der Waals surface area (Å²) in [5.74, 6) is 0.280. The van der Waals surface area contributed by atoms with Crippen molar-refractivity contribution in [2.24, 2.45) is 11.7 Å². The van der Waals surface area contributed by atoms with Crippen LogP contribution in [-0.4, -0.2) is 35.8 Å². The average molecular weight is 303 g/mol. The van der Waals surface area contributed by atoms with Crippen molar-refractivity contribution < 1.29 is 9.59 Å². The highest BCUT2D eigenvalue weighted by Crippen LogP contribution is 2.18. The van der Waals surface area contributed by atoms with Crippen LogP contribution in [0.15, 0.2) is 24.3 Å². The summed E-state index contributed by atoms with van der Waals surface area (Å²) in [5.41, 5.74) is 6.89. The number of likely N-dealkylation sites (tertiary alicyclic amines) is 1. The maximum atomic E-state index is 11.8. The zero-order valence-electron chi connectivity index (χ0n) is 13.3. The Hall–Kier alpha value is -1.88. The molecule has 0 aromatic heterocycles. The Morgan fingerprint density at radius 2 is 2.00 bits per heavy atom. The molecule has 2 amide bonds. The van der Waals surface area contributed by atoms with Crippen LogP contribution in [0.1, 0.15) is 42.6 Å². The molecule has 120 valence electrons. The maximum Gasteiger partial charge on any atom is 0.248 e. The molecule has 0 bridgehead atoms. The first-order valence-electron chi connectivity index (χ1n) is 7.91. The summed E-state index contributed by atoms with van der Waals surface area (Å²) < 4.78 is 0. The second-order valence-corrected chi connectivity index (χ2v) is 6.01. The van der Waals surface area contributed by atoms with Gasteiger partial charge in [0.1, 0.15) is 0 Å². The number of rotatable bonds is 5. The molecule has 5 nitrogen and oxygen atoms in total. The van der Waals surface area contributed by atoms with E-state index in [0.29, 0.717) is 23.9 Å². The summed E-state index contributed by atoms with van der Waals surface area (Å²) in [6, 6.07) is 7.77. The van der Waals surface area contributed by atoms with Crippen molar-refractivity contribution in [2.45, 2.75) is 39.3 Å². The lowest BCUT2D eigenvalue weighted by atomic mass is 9.93. The summed E-state index contributed by atoms with van der Waals surface area (Å²) in [6.45, 7) is 6.51. The van der Waals surface area contributed by atoms with Crippen LogP contribution in [0.4, 0.5) is 0 Å². The minimum Gasteiger partial charge on any atom is -0.366 e. The van der Waals surface area contributed by atoms with Crippen LogP contribution >= 0.6 is 0 Å². The molecule has 1 aliphatic rings. The highest BCUT2D eigenvalue weighted by atomic mass is 16.2. The predicted octanol–water partition coefficient (Wildman–Crippen LogP) is 1.52. The summed E-state index contributed by atoms with van der Waals surface area (Å²) in [4.78, 5) is 24.8. The van der Waals surface area contributed by atoms with Crippen molar-refractivity contribution in [3.8, 4) is 0 Å². The van der Waals surface area contributed by atoms with E-state index in [9.17, 15) is 9.59 Å².